The highest BCUT2D eigenvalue weighted by Gasteiger charge is 2.26. The molecule has 0 aliphatic carbocycles. The predicted octanol–water partition coefficient (Wildman–Crippen LogP) is 0.985. The number of rotatable bonds is 3. The average molecular weight is 316 g/mol. The Morgan fingerprint density at radius 2 is 2.36 bits per heavy atom. The number of carbonyl (C=O) groups is 1. The molecule has 1 N–H and O–H groups in total. The van der Waals surface area contributed by atoms with Gasteiger partial charge in [0.2, 0.25) is 5.91 Å². The van der Waals surface area contributed by atoms with Crippen molar-refractivity contribution < 1.29 is 4.79 Å². The summed E-state index contributed by atoms with van der Waals surface area (Å²) < 4.78 is 1.60. The van der Waals surface area contributed by atoms with Gasteiger partial charge in [-0.25, -0.2) is 4.98 Å². The predicted molar refractivity (Wildman–Crippen MR) is 83.5 cm³/mol. The summed E-state index contributed by atoms with van der Waals surface area (Å²) in [6.45, 7) is 2.57. The van der Waals surface area contributed by atoms with Crippen LogP contribution in [0.2, 0.25) is 0 Å². The van der Waals surface area contributed by atoms with Gasteiger partial charge in [-0.05, 0) is 18.6 Å². The van der Waals surface area contributed by atoms with Crippen LogP contribution in [0.4, 0.5) is 0 Å². The highest BCUT2D eigenvalue weighted by atomic mass is 32.2. The van der Waals surface area contributed by atoms with Crippen molar-refractivity contribution in [1.82, 2.24) is 19.9 Å². The fourth-order valence-electron chi connectivity index (χ4n) is 2.30. The van der Waals surface area contributed by atoms with E-state index >= 15 is 0 Å². The van der Waals surface area contributed by atoms with Crippen molar-refractivity contribution >= 4 is 17.7 Å². The van der Waals surface area contributed by atoms with Crippen molar-refractivity contribution in [2.75, 3.05) is 5.75 Å². The number of pyridine rings is 1. The molecular weight excluding hydrogens is 300 g/mol. The van der Waals surface area contributed by atoms with Gasteiger partial charge >= 0.3 is 0 Å². The third-order valence-electron chi connectivity index (χ3n) is 3.56. The highest BCUT2D eigenvalue weighted by molar-refractivity contribution is 7.99. The van der Waals surface area contributed by atoms with Crippen molar-refractivity contribution in [1.29, 1.82) is 0 Å². The summed E-state index contributed by atoms with van der Waals surface area (Å²) in [4.78, 5) is 32.7. The minimum atomic E-state index is -0.226. The minimum Gasteiger partial charge on any atom is -0.352 e. The van der Waals surface area contributed by atoms with Crippen molar-refractivity contribution in [3.05, 3.63) is 52.2 Å². The van der Waals surface area contributed by atoms with Crippen LogP contribution in [0.1, 0.15) is 11.1 Å². The molecular formula is C15H16N4O2S. The number of aromatic nitrogens is 3. The zero-order valence-corrected chi connectivity index (χ0v) is 13.0. The number of fused-ring (bicyclic) bond motifs is 1. The Morgan fingerprint density at radius 1 is 1.50 bits per heavy atom. The molecule has 3 heterocycles. The molecule has 2 aromatic heterocycles. The number of carbonyl (C=O) groups excluding carboxylic acids is 1. The number of nitrogens with one attached hydrogen (secondary N) is 1. The number of thioether (sulfide) groups is 1. The third-order valence-corrected chi connectivity index (χ3v) is 4.71. The summed E-state index contributed by atoms with van der Waals surface area (Å²) in [5.74, 6) is 0.361. The van der Waals surface area contributed by atoms with E-state index in [0.717, 1.165) is 5.56 Å². The molecule has 22 heavy (non-hydrogen) atoms. The lowest BCUT2D eigenvalue weighted by molar-refractivity contribution is -0.125. The van der Waals surface area contributed by atoms with E-state index in [0.29, 0.717) is 29.6 Å². The van der Waals surface area contributed by atoms with Gasteiger partial charge in [-0.3, -0.25) is 19.1 Å². The topological polar surface area (TPSA) is 76.9 Å². The molecule has 3 rings (SSSR count). The average Bonchev–Trinajstić information content (AvgIpc) is 2.57. The molecule has 0 bridgehead atoms. The van der Waals surface area contributed by atoms with Crippen LogP contribution < -0.4 is 10.9 Å². The minimum absolute atomic E-state index is 0.0459. The fraction of sp³-hybridized carbons (Fsp3) is 0.333. The maximum Gasteiger partial charge on any atom is 0.257 e. The van der Waals surface area contributed by atoms with Crippen LogP contribution in [0.25, 0.3) is 0 Å². The maximum atomic E-state index is 12.3. The Morgan fingerprint density at radius 3 is 3.14 bits per heavy atom. The molecule has 0 saturated heterocycles. The quantitative estimate of drug-likeness (QED) is 0.854. The van der Waals surface area contributed by atoms with E-state index in [1.165, 1.54) is 11.8 Å². The highest BCUT2D eigenvalue weighted by Crippen LogP contribution is 2.24. The number of hydrogen-bond acceptors (Lipinski definition) is 5. The Bertz CT molecular complexity index is 745. The second kappa shape index (κ2) is 6.31. The summed E-state index contributed by atoms with van der Waals surface area (Å²) in [6, 6.07) is 3.75. The summed E-state index contributed by atoms with van der Waals surface area (Å²) >= 11 is 1.45. The molecule has 0 saturated carbocycles. The molecule has 0 fully saturated rings. The lowest BCUT2D eigenvalue weighted by Crippen LogP contribution is -2.40. The van der Waals surface area contributed by atoms with E-state index in [-0.39, 0.29) is 17.4 Å². The second-order valence-corrected chi connectivity index (χ2v) is 6.21. The summed E-state index contributed by atoms with van der Waals surface area (Å²) in [5, 5.41) is 3.59. The van der Waals surface area contributed by atoms with Gasteiger partial charge in [-0.1, -0.05) is 17.8 Å². The fourth-order valence-corrected chi connectivity index (χ4v) is 3.34. The van der Waals surface area contributed by atoms with Crippen LogP contribution in [-0.4, -0.2) is 26.2 Å². The third kappa shape index (κ3) is 3.04. The van der Waals surface area contributed by atoms with E-state index in [1.54, 1.807) is 30.1 Å². The standard InChI is InChI=1S/C15H16N4O2S/c1-10-5-18-15-19(14(10)21)8-12(9-22-15)13(20)17-7-11-3-2-4-16-6-11/h2-6,12H,7-9H2,1H3,(H,17,20). The van der Waals surface area contributed by atoms with Crippen LogP contribution in [0.5, 0.6) is 0 Å². The van der Waals surface area contributed by atoms with Gasteiger partial charge in [-0.15, -0.1) is 0 Å². The van der Waals surface area contributed by atoms with Crippen molar-refractivity contribution in [2.45, 2.75) is 25.2 Å². The molecule has 114 valence electrons. The Balaban J connectivity index is 1.68. The molecule has 0 aromatic carbocycles. The van der Waals surface area contributed by atoms with Gasteiger partial charge in [0.1, 0.15) is 0 Å². The molecule has 7 heteroatoms. The molecule has 1 atom stereocenters. The number of amides is 1. The van der Waals surface area contributed by atoms with E-state index in [1.807, 2.05) is 12.1 Å². The molecule has 1 amide bonds. The summed E-state index contributed by atoms with van der Waals surface area (Å²) in [6.07, 6.45) is 5.01. The van der Waals surface area contributed by atoms with Crippen LogP contribution in [0.15, 0.2) is 40.7 Å². The Labute approximate surface area is 132 Å². The first-order chi connectivity index (χ1) is 10.6. The molecule has 1 aliphatic heterocycles. The number of aryl methyl sites for hydroxylation is 1. The Kier molecular flexibility index (Phi) is 4.24. The lowest BCUT2D eigenvalue weighted by atomic mass is 10.1. The van der Waals surface area contributed by atoms with E-state index in [2.05, 4.69) is 15.3 Å². The van der Waals surface area contributed by atoms with Gasteiger partial charge < -0.3 is 5.32 Å². The zero-order valence-electron chi connectivity index (χ0n) is 12.2. The maximum absolute atomic E-state index is 12.3. The first-order valence-corrected chi connectivity index (χ1v) is 7.99. The summed E-state index contributed by atoms with van der Waals surface area (Å²) in [5.41, 5.74) is 1.48. The molecule has 6 nitrogen and oxygen atoms in total. The van der Waals surface area contributed by atoms with Gasteiger partial charge in [-0.2, -0.15) is 0 Å². The second-order valence-electron chi connectivity index (χ2n) is 5.23. The van der Waals surface area contributed by atoms with Crippen LogP contribution in [0.3, 0.4) is 0 Å². The first kappa shape index (κ1) is 14.8. The van der Waals surface area contributed by atoms with E-state index in [4.69, 9.17) is 0 Å². The van der Waals surface area contributed by atoms with Gasteiger partial charge in [0.25, 0.3) is 5.56 Å². The van der Waals surface area contributed by atoms with E-state index in [9.17, 15) is 9.59 Å². The molecule has 0 spiro atoms. The summed E-state index contributed by atoms with van der Waals surface area (Å²) in [7, 11) is 0. The van der Waals surface area contributed by atoms with E-state index < -0.39 is 0 Å². The number of hydrogen-bond donors (Lipinski definition) is 1. The van der Waals surface area contributed by atoms with Gasteiger partial charge in [0.05, 0.1) is 5.92 Å². The zero-order chi connectivity index (χ0) is 15.5. The van der Waals surface area contributed by atoms with Crippen LogP contribution in [0, 0.1) is 12.8 Å². The van der Waals surface area contributed by atoms with Crippen molar-refractivity contribution in [2.24, 2.45) is 5.92 Å². The molecule has 0 radical (unpaired) electrons. The van der Waals surface area contributed by atoms with Crippen LogP contribution >= 0.6 is 11.8 Å². The van der Waals surface area contributed by atoms with Crippen molar-refractivity contribution in [3.63, 3.8) is 0 Å². The SMILES string of the molecule is Cc1cnc2n(c1=O)CC(C(=O)NCc1cccnc1)CS2. The molecule has 1 aliphatic rings. The Hall–Kier alpha value is -2.15. The lowest BCUT2D eigenvalue weighted by Gasteiger charge is -2.24. The molecule has 1 unspecified atom stereocenters. The molecule has 2 aromatic rings. The van der Waals surface area contributed by atoms with Gasteiger partial charge in [0, 0.05) is 43.0 Å². The first-order valence-electron chi connectivity index (χ1n) is 7.01. The normalized spacial score (nSPS) is 16.9. The smallest absolute Gasteiger partial charge is 0.257 e. The van der Waals surface area contributed by atoms with Gasteiger partial charge in [0.15, 0.2) is 5.16 Å². The van der Waals surface area contributed by atoms with Crippen LogP contribution in [-0.2, 0) is 17.9 Å². The monoisotopic (exact) mass is 316 g/mol. The largest absolute Gasteiger partial charge is 0.352 e. The number of nitrogens with zero attached hydrogens (tertiary/aromatic N) is 3. The van der Waals surface area contributed by atoms with Crippen molar-refractivity contribution in [3.8, 4) is 0 Å².